The number of aromatic nitrogens is 2. The summed E-state index contributed by atoms with van der Waals surface area (Å²) in [5.74, 6) is 2.03. The fraction of sp³-hybridized carbons (Fsp3) is 0.182. The van der Waals surface area contributed by atoms with Crippen LogP contribution in [0.25, 0.3) is 21.3 Å². The fourth-order valence-electron chi connectivity index (χ4n) is 3.23. The van der Waals surface area contributed by atoms with Crippen LogP contribution in [0.3, 0.4) is 0 Å². The number of nitrogens with one attached hydrogen (secondary N) is 1. The molecule has 4 rings (SSSR count). The number of benzene rings is 2. The maximum absolute atomic E-state index is 6.13. The Bertz CT molecular complexity index is 1160. The molecule has 6 nitrogen and oxygen atoms in total. The van der Waals surface area contributed by atoms with Crippen molar-refractivity contribution in [3.05, 3.63) is 59.7 Å². The molecule has 0 bridgehead atoms. The van der Waals surface area contributed by atoms with E-state index in [1.807, 2.05) is 36.4 Å². The highest BCUT2D eigenvalue weighted by atomic mass is 32.1. The number of thiophene rings is 1. The molecular formula is C22H22N4O2S. The monoisotopic (exact) mass is 406 g/mol. The van der Waals surface area contributed by atoms with Crippen molar-refractivity contribution in [2.45, 2.75) is 13.0 Å². The van der Waals surface area contributed by atoms with Gasteiger partial charge < -0.3 is 20.5 Å². The van der Waals surface area contributed by atoms with Crippen LogP contribution < -0.4 is 20.5 Å². The SMILES string of the molecule is COc1cc2ncnc(NC(C)c3ccc(-c4ccccc4N)s3)c2cc1OC. The zero-order valence-electron chi connectivity index (χ0n) is 16.5. The minimum absolute atomic E-state index is 0.0601. The first kappa shape index (κ1) is 19.0. The van der Waals surface area contributed by atoms with Crippen LogP contribution in [0.2, 0.25) is 0 Å². The molecule has 29 heavy (non-hydrogen) atoms. The smallest absolute Gasteiger partial charge is 0.162 e. The topological polar surface area (TPSA) is 82.3 Å². The Morgan fingerprint density at radius 1 is 1.00 bits per heavy atom. The second kappa shape index (κ2) is 7.97. The number of nitrogen functional groups attached to an aromatic ring is 1. The van der Waals surface area contributed by atoms with Gasteiger partial charge in [-0.25, -0.2) is 9.97 Å². The van der Waals surface area contributed by atoms with Gasteiger partial charge in [-0.2, -0.15) is 0 Å². The van der Waals surface area contributed by atoms with Crippen LogP contribution in [-0.2, 0) is 0 Å². The Balaban J connectivity index is 1.64. The lowest BCUT2D eigenvalue weighted by molar-refractivity contribution is 0.356. The van der Waals surface area contributed by atoms with Gasteiger partial charge in [0, 0.05) is 32.5 Å². The fourth-order valence-corrected chi connectivity index (χ4v) is 4.28. The summed E-state index contributed by atoms with van der Waals surface area (Å²) in [7, 11) is 3.23. The number of para-hydroxylation sites is 1. The van der Waals surface area contributed by atoms with E-state index < -0.39 is 0 Å². The van der Waals surface area contributed by atoms with Crippen molar-refractivity contribution in [3.8, 4) is 21.9 Å². The summed E-state index contributed by atoms with van der Waals surface area (Å²) < 4.78 is 10.8. The van der Waals surface area contributed by atoms with Crippen molar-refractivity contribution in [2.24, 2.45) is 0 Å². The molecule has 0 amide bonds. The first-order valence-corrected chi connectivity index (χ1v) is 10.00. The Hall–Kier alpha value is -3.32. The number of hydrogen-bond donors (Lipinski definition) is 2. The third-order valence-corrected chi connectivity index (χ3v) is 6.07. The zero-order valence-corrected chi connectivity index (χ0v) is 17.3. The molecule has 3 N–H and O–H groups in total. The van der Waals surface area contributed by atoms with Crippen LogP contribution in [0.5, 0.6) is 11.5 Å². The second-order valence-electron chi connectivity index (χ2n) is 6.60. The number of methoxy groups -OCH3 is 2. The lowest BCUT2D eigenvalue weighted by Gasteiger charge is -2.16. The minimum atomic E-state index is 0.0601. The van der Waals surface area contributed by atoms with E-state index in [4.69, 9.17) is 15.2 Å². The molecule has 0 aliphatic carbocycles. The van der Waals surface area contributed by atoms with Gasteiger partial charge in [0.2, 0.25) is 0 Å². The van der Waals surface area contributed by atoms with E-state index >= 15 is 0 Å². The molecule has 1 unspecified atom stereocenters. The van der Waals surface area contributed by atoms with E-state index in [-0.39, 0.29) is 6.04 Å². The molecule has 0 saturated heterocycles. The van der Waals surface area contributed by atoms with Gasteiger partial charge in [0.1, 0.15) is 12.1 Å². The van der Waals surface area contributed by atoms with Gasteiger partial charge in [-0.15, -0.1) is 11.3 Å². The number of anilines is 2. The molecule has 7 heteroatoms. The highest BCUT2D eigenvalue weighted by molar-refractivity contribution is 7.15. The normalized spacial score (nSPS) is 12.0. The van der Waals surface area contributed by atoms with Crippen LogP contribution >= 0.6 is 11.3 Å². The van der Waals surface area contributed by atoms with Gasteiger partial charge >= 0.3 is 0 Å². The number of fused-ring (bicyclic) bond motifs is 1. The molecule has 4 aromatic rings. The van der Waals surface area contributed by atoms with E-state index in [0.29, 0.717) is 11.5 Å². The predicted octanol–water partition coefficient (Wildman–Crippen LogP) is 5.13. The van der Waals surface area contributed by atoms with Crippen LogP contribution in [-0.4, -0.2) is 24.2 Å². The number of rotatable bonds is 6. The van der Waals surface area contributed by atoms with Crippen LogP contribution in [0.4, 0.5) is 11.5 Å². The van der Waals surface area contributed by atoms with Gasteiger partial charge in [0.25, 0.3) is 0 Å². The molecule has 2 aromatic carbocycles. The highest BCUT2D eigenvalue weighted by Crippen LogP contribution is 2.37. The largest absolute Gasteiger partial charge is 0.493 e. The van der Waals surface area contributed by atoms with E-state index in [2.05, 4.69) is 34.3 Å². The van der Waals surface area contributed by atoms with Gasteiger partial charge in [-0.1, -0.05) is 18.2 Å². The predicted molar refractivity (Wildman–Crippen MR) is 119 cm³/mol. The van der Waals surface area contributed by atoms with E-state index in [9.17, 15) is 0 Å². The molecule has 0 aliphatic rings. The van der Waals surface area contributed by atoms with Crippen LogP contribution in [0, 0.1) is 0 Å². The summed E-state index contributed by atoms with van der Waals surface area (Å²) in [6, 6.07) is 16.0. The minimum Gasteiger partial charge on any atom is -0.493 e. The molecule has 0 saturated carbocycles. The Morgan fingerprint density at radius 3 is 2.52 bits per heavy atom. The van der Waals surface area contributed by atoms with E-state index in [0.717, 1.165) is 32.8 Å². The van der Waals surface area contributed by atoms with Crippen molar-refractivity contribution < 1.29 is 9.47 Å². The summed E-state index contributed by atoms with van der Waals surface area (Å²) in [6.45, 7) is 2.11. The number of nitrogens with two attached hydrogens (primary N) is 1. The molecule has 0 fully saturated rings. The number of ether oxygens (including phenoxy) is 2. The zero-order chi connectivity index (χ0) is 20.4. The summed E-state index contributed by atoms with van der Waals surface area (Å²) in [5, 5.41) is 4.38. The average Bonchev–Trinajstić information content (AvgIpc) is 3.23. The molecule has 148 valence electrons. The second-order valence-corrected chi connectivity index (χ2v) is 7.72. The maximum atomic E-state index is 6.13. The summed E-state index contributed by atoms with van der Waals surface area (Å²) in [5.41, 5.74) is 8.75. The van der Waals surface area contributed by atoms with Gasteiger partial charge in [-0.05, 0) is 31.2 Å². The van der Waals surface area contributed by atoms with Crippen molar-refractivity contribution in [2.75, 3.05) is 25.3 Å². The third kappa shape index (κ3) is 3.69. The molecule has 2 aromatic heterocycles. The summed E-state index contributed by atoms with van der Waals surface area (Å²) in [6.07, 6.45) is 1.55. The first-order chi connectivity index (χ1) is 14.1. The van der Waals surface area contributed by atoms with Gasteiger partial charge in [-0.3, -0.25) is 0 Å². The number of hydrogen-bond acceptors (Lipinski definition) is 7. The van der Waals surface area contributed by atoms with Crippen molar-refractivity contribution >= 4 is 33.7 Å². The van der Waals surface area contributed by atoms with Crippen molar-refractivity contribution in [1.29, 1.82) is 0 Å². The lowest BCUT2D eigenvalue weighted by Crippen LogP contribution is -2.07. The Kier molecular flexibility index (Phi) is 5.22. The van der Waals surface area contributed by atoms with E-state index in [1.54, 1.807) is 31.9 Å². The Morgan fingerprint density at radius 2 is 1.76 bits per heavy atom. The highest BCUT2D eigenvalue weighted by Gasteiger charge is 2.15. The summed E-state index contributed by atoms with van der Waals surface area (Å²) in [4.78, 5) is 11.1. The maximum Gasteiger partial charge on any atom is 0.162 e. The molecule has 1 atom stereocenters. The third-order valence-electron chi connectivity index (χ3n) is 4.77. The molecular weight excluding hydrogens is 384 g/mol. The van der Waals surface area contributed by atoms with E-state index in [1.165, 1.54) is 4.88 Å². The standard InChI is InChI=1S/C22H22N4O2S/c1-13(20-8-9-21(29-20)14-6-4-5-7-16(14)23)26-22-15-10-18(27-2)19(28-3)11-17(15)24-12-25-22/h4-13H,23H2,1-3H3,(H,24,25,26). The molecule has 0 spiro atoms. The molecule has 2 heterocycles. The molecule has 0 radical (unpaired) electrons. The lowest BCUT2D eigenvalue weighted by atomic mass is 10.1. The quantitative estimate of drug-likeness (QED) is 0.432. The average molecular weight is 407 g/mol. The van der Waals surface area contributed by atoms with Crippen molar-refractivity contribution in [1.82, 2.24) is 9.97 Å². The summed E-state index contributed by atoms with van der Waals surface area (Å²) >= 11 is 1.72. The first-order valence-electron chi connectivity index (χ1n) is 9.18. The molecule has 0 aliphatic heterocycles. The van der Waals surface area contributed by atoms with Gasteiger partial charge in [0.05, 0.1) is 25.8 Å². The van der Waals surface area contributed by atoms with Gasteiger partial charge in [0.15, 0.2) is 11.5 Å². The van der Waals surface area contributed by atoms with Crippen molar-refractivity contribution in [3.63, 3.8) is 0 Å². The van der Waals surface area contributed by atoms with Crippen LogP contribution in [0.15, 0.2) is 54.9 Å². The van der Waals surface area contributed by atoms with Crippen LogP contribution in [0.1, 0.15) is 17.8 Å². The Labute approximate surface area is 173 Å². The number of nitrogens with zero attached hydrogens (tertiary/aromatic N) is 2.